The first-order valence-corrected chi connectivity index (χ1v) is 8.40. The number of ether oxygens (including phenoxy) is 3. The minimum Gasteiger partial charge on any atom is -0.454 e. The van der Waals surface area contributed by atoms with Crippen LogP contribution in [0, 0.1) is 0 Å². The maximum absolute atomic E-state index is 12.2. The Morgan fingerprint density at radius 2 is 1.84 bits per heavy atom. The highest BCUT2D eigenvalue weighted by atomic mass is 79.9. The summed E-state index contributed by atoms with van der Waals surface area (Å²) < 4.78 is 16.6. The van der Waals surface area contributed by atoms with E-state index < -0.39 is 12.1 Å². The van der Waals surface area contributed by atoms with Crippen molar-refractivity contribution in [3.05, 3.63) is 64.1 Å². The van der Waals surface area contributed by atoms with E-state index in [9.17, 15) is 9.59 Å². The van der Waals surface area contributed by atoms with Gasteiger partial charge in [0.2, 0.25) is 12.6 Å². The van der Waals surface area contributed by atoms with Crippen molar-refractivity contribution in [2.75, 3.05) is 6.79 Å². The van der Waals surface area contributed by atoms with Crippen molar-refractivity contribution in [3.63, 3.8) is 0 Å². The zero-order valence-corrected chi connectivity index (χ0v) is 15.0. The maximum atomic E-state index is 12.2. The van der Waals surface area contributed by atoms with Gasteiger partial charge in [0.1, 0.15) is 0 Å². The highest BCUT2D eigenvalue weighted by Crippen LogP contribution is 2.32. The molecule has 5 nitrogen and oxygen atoms in total. The highest BCUT2D eigenvalue weighted by Gasteiger charge is 2.18. The van der Waals surface area contributed by atoms with E-state index in [1.54, 1.807) is 55.5 Å². The number of hydrogen-bond donors (Lipinski definition) is 0. The van der Waals surface area contributed by atoms with Crippen molar-refractivity contribution >= 4 is 33.8 Å². The third-order valence-corrected chi connectivity index (χ3v) is 4.13. The Kier molecular flexibility index (Phi) is 5.19. The summed E-state index contributed by atoms with van der Waals surface area (Å²) >= 11 is 3.31. The van der Waals surface area contributed by atoms with Crippen LogP contribution in [0.2, 0.25) is 0 Å². The van der Waals surface area contributed by atoms with Crippen LogP contribution < -0.4 is 9.47 Å². The molecule has 1 aliphatic rings. The topological polar surface area (TPSA) is 61.8 Å². The lowest BCUT2D eigenvalue weighted by Gasteiger charge is -2.10. The molecule has 0 fully saturated rings. The molecule has 0 unspecified atom stereocenters. The molecule has 0 saturated carbocycles. The monoisotopic (exact) mass is 402 g/mol. The number of halogens is 1. The Labute approximate surface area is 153 Å². The van der Waals surface area contributed by atoms with Crippen LogP contribution in [0.3, 0.4) is 0 Å². The summed E-state index contributed by atoms with van der Waals surface area (Å²) in [6.45, 7) is 1.75. The Morgan fingerprint density at radius 1 is 1.12 bits per heavy atom. The van der Waals surface area contributed by atoms with Crippen LogP contribution in [0.5, 0.6) is 11.5 Å². The molecule has 3 rings (SSSR count). The van der Waals surface area contributed by atoms with Gasteiger partial charge in [0.25, 0.3) is 0 Å². The average Bonchev–Trinajstić information content (AvgIpc) is 3.07. The number of benzene rings is 2. The summed E-state index contributed by atoms with van der Waals surface area (Å²) in [5, 5.41) is 0. The van der Waals surface area contributed by atoms with Gasteiger partial charge in [0.15, 0.2) is 17.6 Å². The molecular formula is C19H15BrO5. The van der Waals surface area contributed by atoms with E-state index in [-0.39, 0.29) is 12.6 Å². The van der Waals surface area contributed by atoms with Gasteiger partial charge >= 0.3 is 5.97 Å². The average molecular weight is 403 g/mol. The molecule has 128 valence electrons. The van der Waals surface area contributed by atoms with Gasteiger partial charge in [-0.3, -0.25) is 4.79 Å². The molecule has 2 aromatic carbocycles. The standard InChI is InChI=1S/C19H15BrO5/c1-12(19(22)14-4-6-15(20)7-5-14)25-18(21)9-3-13-2-8-16-17(10-13)24-11-23-16/h2-10,12H,11H2,1H3/b9-3+/t12-/m0/s1. The number of ketones is 1. The van der Waals surface area contributed by atoms with E-state index in [2.05, 4.69) is 15.9 Å². The van der Waals surface area contributed by atoms with Crippen LogP contribution in [0.15, 0.2) is 53.0 Å². The van der Waals surface area contributed by atoms with E-state index in [0.717, 1.165) is 10.0 Å². The van der Waals surface area contributed by atoms with Gasteiger partial charge in [-0.2, -0.15) is 0 Å². The van der Waals surface area contributed by atoms with Gasteiger partial charge < -0.3 is 14.2 Å². The Balaban J connectivity index is 1.59. The van der Waals surface area contributed by atoms with E-state index in [4.69, 9.17) is 14.2 Å². The second-order valence-corrected chi connectivity index (χ2v) is 6.31. The van der Waals surface area contributed by atoms with Crippen LogP contribution in [0.25, 0.3) is 6.08 Å². The van der Waals surface area contributed by atoms with Crippen LogP contribution in [0.1, 0.15) is 22.8 Å². The van der Waals surface area contributed by atoms with Crippen LogP contribution >= 0.6 is 15.9 Å². The molecule has 6 heteroatoms. The molecule has 0 amide bonds. The second kappa shape index (κ2) is 7.53. The summed E-state index contributed by atoms with van der Waals surface area (Å²) in [7, 11) is 0. The Hall–Kier alpha value is -2.60. The Bertz CT molecular complexity index is 826. The lowest BCUT2D eigenvalue weighted by Crippen LogP contribution is -2.23. The number of carbonyl (C=O) groups is 2. The fourth-order valence-corrected chi connectivity index (χ4v) is 2.56. The second-order valence-electron chi connectivity index (χ2n) is 5.40. The smallest absolute Gasteiger partial charge is 0.331 e. The summed E-state index contributed by atoms with van der Waals surface area (Å²) in [6.07, 6.45) is 2.01. The predicted octanol–water partition coefficient (Wildman–Crippen LogP) is 4.01. The zero-order chi connectivity index (χ0) is 17.8. The van der Waals surface area contributed by atoms with Gasteiger partial charge in [-0.05, 0) is 42.8 Å². The molecule has 2 aromatic rings. The highest BCUT2D eigenvalue weighted by molar-refractivity contribution is 9.10. The van der Waals surface area contributed by atoms with E-state index in [0.29, 0.717) is 17.1 Å². The van der Waals surface area contributed by atoms with Crippen molar-refractivity contribution < 1.29 is 23.8 Å². The summed E-state index contributed by atoms with van der Waals surface area (Å²) in [5.41, 5.74) is 1.26. The first kappa shape index (κ1) is 17.2. The van der Waals surface area contributed by atoms with Gasteiger partial charge in [0, 0.05) is 16.1 Å². The number of rotatable bonds is 5. The van der Waals surface area contributed by atoms with Gasteiger partial charge in [-0.1, -0.05) is 34.1 Å². The quantitative estimate of drug-likeness (QED) is 0.429. The third-order valence-electron chi connectivity index (χ3n) is 3.60. The predicted molar refractivity (Wildman–Crippen MR) is 95.6 cm³/mol. The lowest BCUT2D eigenvalue weighted by molar-refractivity contribution is -0.140. The molecule has 25 heavy (non-hydrogen) atoms. The molecule has 1 atom stereocenters. The number of esters is 1. The van der Waals surface area contributed by atoms with E-state index in [1.807, 2.05) is 0 Å². The summed E-state index contributed by atoms with van der Waals surface area (Å²) in [5.74, 6) is 0.468. The van der Waals surface area contributed by atoms with Crippen molar-refractivity contribution in [2.45, 2.75) is 13.0 Å². The van der Waals surface area contributed by atoms with E-state index in [1.165, 1.54) is 6.08 Å². The lowest BCUT2D eigenvalue weighted by atomic mass is 10.1. The van der Waals surface area contributed by atoms with Crippen molar-refractivity contribution in [2.24, 2.45) is 0 Å². The third kappa shape index (κ3) is 4.28. The molecule has 0 N–H and O–H groups in total. The minimum atomic E-state index is -0.866. The molecule has 0 aromatic heterocycles. The first-order valence-electron chi connectivity index (χ1n) is 7.61. The molecule has 1 heterocycles. The van der Waals surface area contributed by atoms with Crippen molar-refractivity contribution in [3.8, 4) is 11.5 Å². The number of hydrogen-bond acceptors (Lipinski definition) is 5. The normalized spacial score (nSPS) is 13.7. The molecule has 0 spiro atoms. The molecular weight excluding hydrogens is 388 g/mol. The number of Topliss-reactive ketones (excluding diaryl/α,β-unsaturated/α-hetero) is 1. The number of fused-ring (bicyclic) bond motifs is 1. The van der Waals surface area contributed by atoms with Crippen LogP contribution in [-0.4, -0.2) is 24.6 Å². The van der Waals surface area contributed by atoms with Gasteiger partial charge in [-0.25, -0.2) is 4.79 Å². The largest absolute Gasteiger partial charge is 0.454 e. The fraction of sp³-hybridized carbons (Fsp3) is 0.158. The molecule has 0 aliphatic carbocycles. The minimum absolute atomic E-state index is 0.195. The summed E-state index contributed by atoms with van der Waals surface area (Å²) in [4.78, 5) is 24.2. The van der Waals surface area contributed by atoms with E-state index >= 15 is 0 Å². The first-order chi connectivity index (χ1) is 12.0. The molecule has 0 bridgehead atoms. The maximum Gasteiger partial charge on any atom is 0.331 e. The van der Waals surface area contributed by atoms with Crippen LogP contribution in [-0.2, 0) is 9.53 Å². The van der Waals surface area contributed by atoms with Gasteiger partial charge in [0.05, 0.1) is 0 Å². The molecule has 0 radical (unpaired) electrons. The van der Waals surface area contributed by atoms with Crippen LogP contribution in [0.4, 0.5) is 0 Å². The van der Waals surface area contributed by atoms with Crippen molar-refractivity contribution in [1.82, 2.24) is 0 Å². The fourth-order valence-electron chi connectivity index (χ4n) is 2.30. The molecule has 1 aliphatic heterocycles. The summed E-state index contributed by atoms with van der Waals surface area (Å²) in [6, 6.07) is 12.2. The molecule has 0 saturated heterocycles. The number of carbonyl (C=O) groups excluding carboxylic acids is 2. The zero-order valence-electron chi connectivity index (χ0n) is 13.4. The van der Waals surface area contributed by atoms with Gasteiger partial charge in [-0.15, -0.1) is 0 Å². The Morgan fingerprint density at radius 3 is 2.60 bits per heavy atom. The van der Waals surface area contributed by atoms with Crippen molar-refractivity contribution in [1.29, 1.82) is 0 Å². The SMILES string of the molecule is C[C@H](OC(=O)/C=C/c1ccc2c(c1)OCO2)C(=O)c1ccc(Br)cc1.